The van der Waals surface area contributed by atoms with Crippen LogP contribution < -0.4 is 5.32 Å². The molecule has 9 nitrogen and oxygen atoms in total. The van der Waals surface area contributed by atoms with Gasteiger partial charge >= 0.3 is 0 Å². The summed E-state index contributed by atoms with van der Waals surface area (Å²) in [6.07, 6.45) is 2.46. The van der Waals surface area contributed by atoms with Crippen molar-refractivity contribution in [3.05, 3.63) is 52.6 Å². The van der Waals surface area contributed by atoms with Crippen molar-refractivity contribution in [3.63, 3.8) is 0 Å². The number of carbonyl (C=O) groups excluding carboxylic acids is 1. The van der Waals surface area contributed by atoms with Crippen LogP contribution in [0.15, 0.2) is 35.5 Å². The number of halogens is 1. The minimum atomic E-state index is -3.70. The van der Waals surface area contributed by atoms with Gasteiger partial charge in [0.05, 0.1) is 5.69 Å². The number of fused-ring (bicyclic) bond motifs is 2. The molecule has 2 aliphatic heterocycles. The van der Waals surface area contributed by atoms with E-state index in [0.29, 0.717) is 17.1 Å². The quantitative estimate of drug-likeness (QED) is 0.611. The second-order valence-electron chi connectivity index (χ2n) is 7.65. The van der Waals surface area contributed by atoms with E-state index in [1.54, 1.807) is 35.4 Å². The first-order valence-electron chi connectivity index (χ1n) is 10.0. The molecule has 11 heteroatoms. The zero-order chi connectivity index (χ0) is 21.6. The Morgan fingerprint density at radius 1 is 1.13 bits per heavy atom. The summed E-state index contributed by atoms with van der Waals surface area (Å²) >= 11 is 6.00. The van der Waals surface area contributed by atoms with E-state index < -0.39 is 10.0 Å². The van der Waals surface area contributed by atoms with Crippen molar-refractivity contribution >= 4 is 38.4 Å². The summed E-state index contributed by atoms with van der Waals surface area (Å²) in [6.45, 7) is 2.52. The van der Waals surface area contributed by atoms with Crippen LogP contribution in [0.4, 0.5) is 0 Å². The van der Waals surface area contributed by atoms with Crippen molar-refractivity contribution in [1.82, 2.24) is 29.5 Å². The van der Waals surface area contributed by atoms with Crippen molar-refractivity contribution < 1.29 is 13.2 Å². The number of aromatic amines is 1. The predicted molar refractivity (Wildman–Crippen MR) is 115 cm³/mol. The Kier molecular flexibility index (Phi) is 5.17. The van der Waals surface area contributed by atoms with Crippen LogP contribution in [-0.4, -0.2) is 71.2 Å². The average Bonchev–Trinajstić information content (AvgIpc) is 3.22. The van der Waals surface area contributed by atoms with Crippen LogP contribution in [0.2, 0.25) is 5.02 Å². The number of aromatic nitrogens is 3. The summed E-state index contributed by atoms with van der Waals surface area (Å²) in [6, 6.07) is 6.77. The number of hydrogen-bond donors (Lipinski definition) is 2. The predicted octanol–water partition coefficient (Wildman–Crippen LogP) is 1.40. The van der Waals surface area contributed by atoms with Crippen molar-refractivity contribution in [3.8, 4) is 0 Å². The lowest BCUT2D eigenvalue weighted by molar-refractivity contribution is 0.0685. The van der Waals surface area contributed by atoms with Gasteiger partial charge in [0.25, 0.3) is 15.9 Å². The number of hydrogen-bond acceptors (Lipinski definition) is 6. The van der Waals surface area contributed by atoms with E-state index in [2.05, 4.69) is 20.3 Å². The number of piperazine rings is 1. The highest BCUT2D eigenvalue weighted by atomic mass is 35.5. The van der Waals surface area contributed by atoms with Crippen molar-refractivity contribution in [1.29, 1.82) is 0 Å². The molecular formula is C20H21ClN6O3S. The lowest BCUT2D eigenvalue weighted by Gasteiger charge is -2.33. The Bertz CT molecular complexity index is 1270. The van der Waals surface area contributed by atoms with Gasteiger partial charge in [-0.2, -0.15) is 4.31 Å². The van der Waals surface area contributed by atoms with Gasteiger partial charge in [0.1, 0.15) is 5.03 Å². The molecule has 0 bridgehead atoms. The molecule has 3 aromatic rings. The highest BCUT2D eigenvalue weighted by Gasteiger charge is 2.32. The smallest absolute Gasteiger partial charge is 0.291 e. The molecule has 2 aromatic heterocycles. The van der Waals surface area contributed by atoms with Gasteiger partial charge < -0.3 is 15.2 Å². The fourth-order valence-corrected chi connectivity index (χ4v) is 5.58. The first kappa shape index (κ1) is 20.4. The molecule has 1 amide bonds. The Hall–Kier alpha value is -2.53. The van der Waals surface area contributed by atoms with Crippen molar-refractivity contribution in [2.75, 3.05) is 32.7 Å². The van der Waals surface area contributed by atoms with Gasteiger partial charge in [-0.1, -0.05) is 11.6 Å². The van der Waals surface area contributed by atoms with E-state index in [0.717, 1.165) is 29.6 Å². The Morgan fingerprint density at radius 2 is 1.94 bits per heavy atom. The van der Waals surface area contributed by atoms with Gasteiger partial charge in [0.15, 0.2) is 0 Å². The Balaban J connectivity index is 1.29. The molecule has 2 N–H and O–H groups in total. The summed E-state index contributed by atoms with van der Waals surface area (Å²) in [4.78, 5) is 26.1. The minimum Gasteiger partial charge on any atom is -0.345 e. The number of nitrogens with one attached hydrogen (secondary N) is 2. The van der Waals surface area contributed by atoms with Crippen LogP contribution in [0.25, 0.3) is 10.9 Å². The van der Waals surface area contributed by atoms with Crippen molar-refractivity contribution in [2.45, 2.75) is 18.0 Å². The molecule has 1 fully saturated rings. The molecule has 0 spiro atoms. The van der Waals surface area contributed by atoms with Crippen LogP contribution >= 0.6 is 11.6 Å². The van der Waals surface area contributed by atoms with E-state index in [4.69, 9.17) is 11.6 Å². The van der Waals surface area contributed by atoms with E-state index in [1.807, 2.05) is 0 Å². The molecular weight excluding hydrogens is 440 g/mol. The molecule has 31 heavy (non-hydrogen) atoms. The molecule has 4 heterocycles. The third-order valence-corrected chi connectivity index (χ3v) is 7.76. The largest absolute Gasteiger partial charge is 0.345 e. The maximum absolute atomic E-state index is 13.1. The number of nitrogens with zero attached hydrogens (tertiary/aromatic N) is 4. The van der Waals surface area contributed by atoms with Crippen LogP contribution in [0.1, 0.15) is 21.9 Å². The van der Waals surface area contributed by atoms with Crippen LogP contribution in [0, 0.1) is 0 Å². The van der Waals surface area contributed by atoms with Gasteiger partial charge in [0.2, 0.25) is 5.82 Å². The molecule has 0 saturated carbocycles. The second kappa shape index (κ2) is 7.86. The molecule has 5 rings (SSSR count). The molecule has 1 aromatic carbocycles. The van der Waals surface area contributed by atoms with Gasteiger partial charge in [0, 0.05) is 73.4 Å². The first-order chi connectivity index (χ1) is 14.9. The van der Waals surface area contributed by atoms with Gasteiger partial charge in [-0.25, -0.2) is 18.4 Å². The standard InChI is InChI=1S/C20H21ClN6O3S/c21-15-1-2-16-13(9-15)10-18(24-16)31(29,30)27-7-5-26(6-8-27)20(28)19-23-12-14-11-22-4-3-17(14)25-19/h1-2,9-10,12,22,24H,3-8,11H2. The zero-order valence-corrected chi connectivity index (χ0v) is 18.2. The zero-order valence-electron chi connectivity index (χ0n) is 16.6. The number of amides is 1. The number of H-pyrrole nitrogens is 1. The van der Waals surface area contributed by atoms with Gasteiger partial charge in [-0.15, -0.1) is 0 Å². The Labute approximate surface area is 184 Å². The monoisotopic (exact) mass is 460 g/mol. The average molecular weight is 461 g/mol. The third-order valence-electron chi connectivity index (χ3n) is 5.70. The fourth-order valence-electron chi connectivity index (χ4n) is 3.97. The van der Waals surface area contributed by atoms with Gasteiger partial charge in [-0.3, -0.25) is 4.79 Å². The second-order valence-corrected chi connectivity index (χ2v) is 10.00. The number of rotatable bonds is 3. The molecule has 1 saturated heterocycles. The highest BCUT2D eigenvalue weighted by molar-refractivity contribution is 7.89. The van der Waals surface area contributed by atoms with E-state index >= 15 is 0 Å². The number of benzene rings is 1. The SMILES string of the molecule is O=C(c1ncc2c(n1)CCNC2)N1CCN(S(=O)(=O)c2cc3cc(Cl)ccc3[nH]2)CC1. The highest BCUT2D eigenvalue weighted by Crippen LogP contribution is 2.25. The molecule has 2 aliphatic rings. The molecule has 0 unspecified atom stereocenters. The molecule has 0 aliphatic carbocycles. The maximum Gasteiger partial charge on any atom is 0.291 e. The summed E-state index contributed by atoms with van der Waals surface area (Å²) in [7, 11) is -3.70. The van der Waals surface area contributed by atoms with E-state index in [1.165, 1.54) is 4.31 Å². The van der Waals surface area contributed by atoms with Crippen LogP contribution in [0.3, 0.4) is 0 Å². The minimum absolute atomic E-state index is 0.121. The van der Waals surface area contributed by atoms with Crippen LogP contribution in [-0.2, 0) is 23.0 Å². The van der Waals surface area contributed by atoms with Crippen LogP contribution in [0.5, 0.6) is 0 Å². The fraction of sp³-hybridized carbons (Fsp3) is 0.350. The maximum atomic E-state index is 13.1. The van der Waals surface area contributed by atoms with Gasteiger partial charge in [-0.05, 0) is 24.3 Å². The molecule has 0 atom stereocenters. The van der Waals surface area contributed by atoms with Crippen molar-refractivity contribution in [2.24, 2.45) is 0 Å². The number of carbonyl (C=O) groups is 1. The lowest BCUT2D eigenvalue weighted by Crippen LogP contribution is -2.50. The molecule has 0 radical (unpaired) electrons. The Morgan fingerprint density at radius 3 is 2.74 bits per heavy atom. The summed E-state index contributed by atoms with van der Waals surface area (Å²) in [5.41, 5.74) is 2.62. The lowest BCUT2D eigenvalue weighted by atomic mass is 10.1. The normalized spacial score (nSPS) is 17.6. The summed E-state index contributed by atoms with van der Waals surface area (Å²) in [5, 5.41) is 4.65. The summed E-state index contributed by atoms with van der Waals surface area (Å²) < 4.78 is 27.5. The number of sulfonamides is 1. The summed E-state index contributed by atoms with van der Waals surface area (Å²) in [5.74, 6) is -0.0944. The van der Waals surface area contributed by atoms with E-state index in [-0.39, 0.29) is 42.9 Å². The topological polar surface area (TPSA) is 111 Å². The van der Waals surface area contributed by atoms with E-state index in [9.17, 15) is 13.2 Å². The first-order valence-corrected chi connectivity index (χ1v) is 11.9. The molecule has 162 valence electrons. The third kappa shape index (κ3) is 3.80.